The lowest BCUT2D eigenvalue weighted by Crippen LogP contribution is -1.91. The summed E-state index contributed by atoms with van der Waals surface area (Å²) < 4.78 is 0. The van der Waals surface area contributed by atoms with Crippen LogP contribution in [0.2, 0.25) is 0 Å². The van der Waals surface area contributed by atoms with Crippen LogP contribution in [0.3, 0.4) is 0 Å². The number of nitrogens with zero attached hydrogens (tertiary/aromatic N) is 1. The van der Waals surface area contributed by atoms with Gasteiger partial charge in [0.15, 0.2) is 0 Å². The molecule has 0 fully saturated rings. The van der Waals surface area contributed by atoms with Gasteiger partial charge in [-0.1, -0.05) is 12.1 Å². The fourth-order valence-corrected chi connectivity index (χ4v) is 1.58. The molecule has 2 aromatic carbocycles. The van der Waals surface area contributed by atoms with Gasteiger partial charge in [-0.2, -0.15) is 5.26 Å². The van der Waals surface area contributed by atoms with E-state index < -0.39 is 0 Å². The zero-order chi connectivity index (χ0) is 11.4. The van der Waals surface area contributed by atoms with Crippen LogP contribution in [0, 0.1) is 11.3 Å². The Balaban J connectivity index is 2.22. The third-order valence-electron chi connectivity index (χ3n) is 2.20. The fraction of sp³-hybridized carbons (Fsp3) is 0. The molecule has 0 atom stereocenters. The Labute approximate surface area is 100.0 Å². The van der Waals surface area contributed by atoms with Gasteiger partial charge in [0, 0.05) is 10.6 Å². The number of hydrogen-bond donors (Lipinski definition) is 2. The molecule has 2 rings (SSSR count). The molecule has 0 saturated carbocycles. The van der Waals surface area contributed by atoms with Gasteiger partial charge in [-0.15, -0.1) is 12.6 Å². The van der Waals surface area contributed by atoms with Gasteiger partial charge in [0.05, 0.1) is 17.3 Å². The Kier molecular flexibility index (Phi) is 3.13. The van der Waals surface area contributed by atoms with Crippen molar-refractivity contribution in [3.63, 3.8) is 0 Å². The summed E-state index contributed by atoms with van der Waals surface area (Å²) >= 11 is 4.35. The highest BCUT2D eigenvalue weighted by atomic mass is 32.1. The highest BCUT2D eigenvalue weighted by Gasteiger charge is 1.98. The molecule has 0 spiro atoms. The summed E-state index contributed by atoms with van der Waals surface area (Å²) in [4.78, 5) is 0.895. The molecule has 78 valence electrons. The van der Waals surface area contributed by atoms with E-state index in [4.69, 9.17) is 5.26 Å². The van der Waals surface area contributed by atoms with Gasteiger partial charge in [-0.05, 0) is 36.4 Å². The lowest BCUT2D eigenvalue weighted by atomic mass is 10.2. The van der Waals surface area contributed by atoms with E-state index in [9.17, 15) is 0 Å². The molecule has 0 unspecified atom stereocenters. The van der Waals surface area contributed by atoms with E-state index in [2.05, 4.69) is 24.0 Å². The number of para-hydroxylation sites is 1. The van der Waals surface area contributed by atoms with Crippen molar-refractivity contribution >= 4 is 24.0 Å². The average Bonchev–Trinajstić information content (AvgIpc) is 2.33. The maximum atomic E-state index is 8.68. The maximum absolute atomic E-state index is 8.68. The molecule has 0 aliphatic carbocycles. The van der Waals surface area contributed by atoms with Crippen molar-refractivity contribution in [3.05, 3.63) is 54.1 Å². The van der Waals surface area contributed by atoms with Crippen molar-refractivity contribution in [3.8, 4) is 6.07 Å². The van der Waals surface area contributed by atoms with Gasteiger partial charge < -0.3 is 5.32 Å². The van der Waals surface area contributed by atoms with E-state index >= 15 is 0 Å². The van der Waals surface area contributed by atoms with Gasteiger partial charge in [-0.25, -0.2) is 0 Å². The number of nitrogens with one attached hydrogen (secondary N) is 1. The molecular formula is C13H10N2S. The monoisotopic (exact) mass is 226 g/mol. The Morgan fingerprint density at radius 2 is 1.69 bits per heavy atom. The summed E-state index contributed by atoms with van der Waals surface area (Å²) in [6.45, 7) is 0. The number of thiol groups is 1. The van der Waals surface area contributed by atoms with E-state index in [-0.39, 0.29) is 0 Å². The molecular weight excluding hydrogens is 216 g/mol. The molecule has 16 heavy (non-hydrogen) atoms. The number of anilines is 2. The van der Waals surface area contributed by atoms with Crippen molar-refractivity contribution in [2.24, 2.45) is 0 Å². The Hall–Kier alpha value is -1.92. The Morgan fingerprint density at radius 3 is 2.31 bits per heavy atom. The first kappa shape index (κ1) is 10.6. The van der Waals surface area contributed by atoms with Crippen LogP contribution in [-0.4, -0.2) is 0 Å². The normalized spacial score (nSPS) is 9.50. The molecule has 2 aromatic rings. The zero-order valence-electron chi connectivity index (χ0n) is 8.51. The zero-order valence-corrected chi connectivity index (χ0v) is 9.41. The summed E-state index contributed by atoms with van der Waals surface area (Å²) in [5.41, 5.74) is 2.56. The lowest BCUT2D eigenvalue weighted by molar-refractivity contribution is 1.42. The van der Waals surface area contributed by atoms with Gasteiger partial charge in [0.25, 0.3) is 0 Å². The van der Waals surface area contributed by atoms with Gasteiger partial charge in [-0.3, -0.25) is 0 Å². The Morgan fingerprint density at radius 1 is 1.00 bits per heavy atom. The largest absolute Gasteiger partial charge is 0.355 e. The van der Waals surface area contributed by atoms with Crippen molar-refractivity contribution in [1.82, 2.24) is 0 Å². The molecule has 0 saturated heterocycles. The summed E-state index contributed by atoms with van der Waals surface area (Å²) in [6.07, 6.45) is 0. The van der Waals surface area contributed by atoms with E-state index in [1.54, 1.807) is 12.1 Å². The van der Waals surface area contributed by atoms with Crippen LogP contribution in [-0.2, 0) is 0 Å². The number of hydrogen-bond acceptors (Lipinski definition) is 3. The Bertz CT molecular complexity index is 526. The fourth-order valence-electron chi connectivity index (χ4n) is 1.36. The van der Waals surface area contributed by atoms with Gasteiger partial charge >= 0.3 is 0 Å². The van der Waals surface area contributed by atoms with Crippen LogP contribution < -0.4 is 5.32 Å². The van der Waals surface area contributed by atoms with Gasteiger partial charge in [0.1, 0.15) is 0 Å². The number of benzene rings is 2. The molecule has 0 amide bonds. The second-order valence-corrected chi connectivity index (χ2v) is 3.81. The minimum atomic E-state index is 0.657. The van der Waals surface area contributed by atoms with E-state index in [1.165, 1.54) is 0 Å². The van der Waals surface area contributed by atoms with E-state index in [0.717, 1.165) is 16.3 Å². The van der Waals surface area contributed by atoms with Crippen LogP contribution in [0.1, 0.15) is 5.56 Å². The van der Waals surface area contributed by atoms with Crippen LogP contribution in [0.4, 0.5) is 11.4 Å². The summed E-state index contributed by atoms with van der Waals surface area (Å²) in [5, 5.41) is 11.9. The summed E-state index contributed by atoms with van der Waals surface area (Å²) in [6, 6.07) is 17.2. The van der Waals surface area contributed by atoms with Crippen molar-refractivity contribution in [2.45, 2.75) is 4.90 Å². The second kappa shape index (κ2) is 4.73. The van der Waals surface area contributed by atoms with E-state index in [0.29, 0.717) is 5.56 Å². The molecule has 0 bridgehead atoms. The predicted molar refractivity (Wildman–Crippen MR) is 68.1 cm³/mol. The van der Waals surface area contributed by atoms with Crippen LogP contribution in [0.5, 0.6) is 0 Å². The predicted octanol–water partition coefficient (Wildman–Crippen LogP) is 3.59. The van der Waals surface area contributed by atoms with Crippen molar-refractivity contribution < 1.29 is 0 Å². The topological polar surface area (TPSA) is 35.8 Å². The molecule has 0 aliphatic heterocycles. The molecule has 2 nitrogen and oxygen atoms in total. The first-order valence-corrected chi connectivity index (χ1v) is 5.29. The third-order valence-corrected chi connectivity index (χ3v) is 2.59. The van der Waals surface area contributed by atoms with E-state index in [1.807, 2.05) is 36.4 Å². The number of nitriles is 1. The average molecular weight is 226 g/mol. The van der Waals surface area contributed by atoms with Crippen LogP contribution in [0.15, 0.2) is 53.4 Å². The third kappa shape index (κ3) is 2.36. The second-order valence-electron chi connectivity index (χ2n) is 3.33. The minimum absolute atomic E-state index is 0.657. The van der Waals surface area contributed by atoms with Crippen molar-refractivity contribution in [2.75, 3.05) is 5.32 Å². The van der Waals surface area contributed by atoms with Crippen LogP contribution >= 0.6 is 12.6 Å². The maximum Gasteiger partial charge on any atom is 0.0991 e. The number of rotatable bonds is 2. The quantitative estimate of drug-likeness (QED) is 0.768. The SMILES string of the molecule is N#Cc1ccc(Nc2ccccc2S)cc1. The van der Waals surface area contributed by atoms with Gasteiger partial charge in [0.2, 0.25) is 0 Å². The molecule has 0 aliphatic rings. The molecule has 0 radical (unpaired) electrons. The smallest absolute Gasteiger partial charge is 0.0991 e. The highest BCUT2D eigenvalue weighted by molar-refractivity contribution is 7.80. The molecule has 0 aromatic heterocycles. The first-order chi connectivity index (χ1) is 7.79. The molecule has 0 heterocycles. The molecule has 1 N–H and O–H groups in total. The summed E-state index contributed by atoms with van der Waals surface area (Å²) in [7, 11) is 0. The van der Waals surface area contributed by atoms with Crippen molar-refractivity contribution in [1.29, 1.82) is 5.26 Å². The highest BCUT2D eigenvalue weighted by Crippen LogP contribution is 2.23. The standard InChI is InChI=1S/C13H10N2S/c14-9-10-5-7-11(8-6-10)15-12-3-1-2-4-13(12)16/h1-8,15-16H. The summed E-state index contributed by atoms with van der Waals surface area (Å²) in [5.74, 6) is 0. The first-order valence-electron chi connectivity index (χ1n) is 4.85. The lowest BCUT2D eigenvalue weighted by Gasteiger charge is -2.08. The van der Waals surface area contributed by atoms with Crippen LogP contribution in [0.25, 0.3) is 0 Å². The molecule has 3 heteroatoms. The minimum Gasteiger partial charge on any atom is -0.355 e.